The fourth-order valence-electron chi connectivity index (χ4n) is 3.44. The number of allylic oxidation sites excluding steroid dienone is 1. The van der Waals surface area contributed by atoms with Gasteiger partial charge in [0, 0.05) is 23.3 Å². The standard InChI is InChI=1S/C18H22ClN3OS/c1-11-5-3-4-10-22(11)17(23)15-12(2)20-18(24)21-16(15)13-6-8-14(19)9-7-13/h6-9,11,16H,3-5,10H2,1-2H3,(H2,20,21,24). The van der Waals surface area contributed by atoms with E-state index in [2.05, 4.69) is 17.6 Å². The number of carbonyl (C=O) groups is 1. The molecule has 0 spiro atoms. The van der Waals surface area contributed by atoms with Crippen LogP contribution < -0.4 is 10.6 Å². The van der Waals surface area contributed by atoms with E-state index in [4.69, 9.17) is 23.8 Å². The third-order valence-electron chi connectivity index (χ3n) is 4.77. The van der Waals surface area contributed by atoms with Crippen LogP contribution in [0.3, 0.4) is 0 Å². The molecule has 0 aliphatic carbocycles. The second-order valence-corrected chi connectivity index (χ2v) is 7.31. The van der Waals surface area contributed by atoms with Crippen LogP contribution >= 0.6 is 23.8 Å². The molecule has 6 heteroatoms. The van der Waals surface area contributed by atoms with Crippen molar-refractivity contribution in [1.29, 1.82) is 0 Å². The smallest absolute Gasteiger partial charge is 0.254 e. The molecule has 4 nitrogen and oxygen atoms in total. The molecule has 2 aliphatic rings. The highest BCUT2D eigenvalue weighted by atomic mass is 35.5. The van der Waals surface area contributed by atoms with Gasteiger partial charge in [-0.15, -0.1) is 0 Å². The molecular weight excluding hydrogens is 342 g/mol. The van der Waals surface area contributed by atoms with E-state index in [1.54, 1.807) is 0 Å². The molecule has 0 aromatic heterocycles. The number of benzene rings is 1. The van der Waals surface area contributed by atoms with Crippen molar-refractivity contribution >= 4 is 34.8 Å². The zero-order valence-electron chi connectivity index (χ0n) is 13.9. The van der Waals surface area contributed by atoms with Crippen molar-refractivity contribution in [2.45, 2.75) is 45.2 Å². The number of amides is 1. The van der Waals surface area contributed by atoms with Gasteiger partial charge in [-0.2, -0.15) is 0 Å². The van der Waals surface area contributed by atoms with Gasteiger partial charge in [0.25, 0.3) is 5.91 Å². The Morgan fingerprint density at radius 2 is 2.00 bits per heavy atom. The molecule has 0 bridgehead atoms. The Kier molecular flexibility index (Phi) is 5.11. The number of rotatable bonds is 2. The van der Waals surface area contributed by atoms with Crippen molar-refractivity contribution in [3.63, 3.8) is 0 Å². The maximum Gasteiger partial charge on any atom is 0.254 e. The molecule has 1 aromatic carbocycles. The molecule has 1 amide bonds. The molecule has 2 atom stereocenters. The van der Waals surface area contributed by atoms with Crippen LogP contribution in [0, 0.1) is 0 Å². The number of carbonyl (C=O) groups excluding carboxylic acids is 1. The molecule has 1 fully saturated rings. The normalized spacial score (nSPS) is 24.5. The minimum atomic E-state index is -0.252. The van der Waals surface area contributed by atoms with E-state index in [0.717, 1.165) is 36.2 Å². The molecule has 1 aromatic rings. The molecule has 24 heavy (non-hydrogen) atoms. The van der Waals surface area contributed by atoms with Gasteiger partial charge >= 0.3 is 0 Å². The first kappa shape index (κ1) is 17.2. The molecular formula is C18H22ClN3OS. The van der Waals surface area contributed by atoms with Gasteiger partial charge in [0.05, 0.1) is 11.6 Å². The number of hydrogen-bond donors (Lipinski definition) is 2. The molecule has 3 rings (SSSR count). The SMILES string of the molecule is CC1=C(C(=O)N2CCCCC2C)C(c2ccc(Cl)cc2)NC(=S)N1. The van der Waals surface area contributed by atoms with Crippen molar-refractivity contribution < 1.29 is 4.79 Å². The van der Waals surface area contributed by atoms with Crippen LogP contribution in [-0.4, -0.2) is 28.5 Å². The van der Waals surface area contributed by atoms with Gasteiger partial charge in [-0.1, -0.05) is 23.7 Å². The van der Waals surface area contributed by atoms with E-state index < -0.39 is 0 Å². The van der Waals surface area contributed by atoms with E-state index in [1.165, 1.54) is 6.42 Å². The van der Waals surface area contributed by atoms with Crippen molar-refractivity contribution in [1.82, 2.24) is 15.5 Å². The lowest BCUT2D eigenvalue weighted by atomic mass is 9.93. The van der Waals surface area contributed by atoms with Crippen LogP contribution in [0.4, 0.5) is 0 Å². The summed E-state index contributed by atoms with van der Waals surface area (Å²) in [5.74, 6) is 0.0853. The zero-order chi connectivity index (χ0) is 17.3. The van der Waals surface area contributed by atoms with Gasteiger partial charge in [0.2, 0.25) is 0 Å². The van der Waals surface area contributed by atoms with Gasteiger partial charge in [0.15, 0.2) is 5.11 Å². The first-order chi connectivity index (χ1) is 11.5. The van der Waals surface area contributed by atoms with E-state index in [9.17, 15) is 4.79 Å². The lowest BCUT2D eigenvalue weighted by molar-refractivity contribution is -0.130. The van der Waals surface area contributed by atoms with Crippen LogP contribution in [-0.2, 0) is 4.79 Å². The Morgan fingerprint density at radius 1 is 1.29 bits per heavy atom. The fourth-order valence-corrected chi connectivity index (χ4v) is 3.83. The van der Waals surface area contributed by atoms with E-state index >= 15 is 0 Å². The number of piperidine rings is 1. The largest absolute Gasteiger partial charge is 0.351 e. The van der Waals surface area contributed by atoms with Crippen LogP contribution in [0.1, 0.15) is 44.7 Å². The van der Waals surface area contributed by atoms with Crippen LogP contribution in [0.15, 0.2) is 35.5 Å². The highest BCUT2D eigenvalue weighted by Gasteiger charge is 2.34. The molecule has 2 unspecified atom stereocenters. The lowest BCUT2D eigenvalue weighted by Crippen LogP contribution is -2.50. The summed E-state index contributed by atoms with van der Waals surface area (Å²) in [5.41, 5.74) is 2.54. The molecule has 2 heterocycles. The van der Waals surface area contributed by atoms with E-state index in [-0.39, 0.29) is 18.0 Å². The van der Waals surface area contributed by atoms with Gasteiger partial charge in [-0.25, -0.2) is 0 Å². The van der Waals surface area contributed by atoms with Gasteiger partial charge < -0.3 is 15.5 Å². The maximum absolute atomic E-state index is 13.3. The molecule has 2 N–H and O–H groups in total. The number of nitrogens with zero attached hydrogens (tertiary/aromatic N) is 1. The predicted octanol–water partition coefficient (Wildman–Crippen LogP) is 3.53. The first-order valence-corrected chi connectivity index (χ1v) is 9.10. The number of thiocarbonyl (C=S) groups is 1. The second-order valence-electron chi connectivity index (χ2n) is 6.47. The third-order valence-corrected chi connectivity index (χ3v) is 5.24. The molecule has 1 saturated heterocycles. The van der Waals surface area contributed by atoms with Crippen molar-refractivity contribution in [2.24, 2.45) is 0 Å². The first-order valence-electron chi connectivity index (χ1n) is 8.32. The molecule has 0 radical (unpaired) electrons. The van der Waals surface area contributed by atoms with Crippen LogP contribution in [0.25, 0.3) is 0 Å². The summed E-state index contributed by atoms with van der Waals surface area (Å²) in [6, 6.07) is 7.57. The van der Waals surface area contributed by atoms with Crippen LogP contribution in [0.2, 0.25) is 5.02 Å². The highest BCUT2D eigenvalue weighted by molar-refractivity contribution is 7.80. The Bertz CT molecular complexity index is 686. The van der Waals surface area contributed by atoms with Crippen molar-refractivity contribution in [3.05, 3.63) is 46.1 Å². The minimum Gasteiger partial charge on any atom is -0.351 e. The van der Waals surface area contributed by atoms with Crippen LogP contribution in [0.5, 0.6) is 0 Å². The third kappa shape index (κ3) is 3.42. The molecule has 128 valence electrons. The monoisotopic (exact) mass is 363 g/mol. The van der Waals surface area contributed by atoms with Crippen molar-refractivity contribution in [2.75, 3.05) is 6.54 Å². The second kappa shape index (κ2) is 7.11. The van der Waals surface area contributed by atoms with Gasteiger partial charge in [-0.05, 0) is 63.0 Å². The van der Waals surface area contributed by atoms with Crippen molar-refractivity contribution in [3.8, 4) is 0 Å². The highest BCUT2D eigenvalue weighted by Crippen LogP contribution is 2.30. The average Bonchev–Trinajstić information content (AvgIpc) is 2.55. The Morgan fingerprint density at radius 3 is 2.67 bits per heavy atom. The summed E-state index contributed by atoms with van der Waals surface area (Å²) in [4.78, 5) is 15.2. The maximum atomic E-state index is 13.3. The zero-order valence-corrected chi connectivity index (χ0v) is 15.5. The lowest BCUT2D eigenvalue weighted by Gasteiger charge is -2.38. The number of hydrogen-bond acceptors (Lipinski definition) is 2. The summed E-state index contributed by atoms with van der Waals surface area (Å²) < 4.78 is 0. The summed E-state index contributed by atoms with van der Waals surface area (Å²) in [5, 5.41) is 7.55. The number of nitrogens with one attached hydrogen (secondary N) is 2. The minimum absolute atomic E-state index is 0.0853. The summed E-state index contributed by atoms with van der Waals surface area (Å²) >= 11 is 11.3. The van der Waals surface area contributed by atoms with Gasteiger partial charge in [-0.3, -0.25) is 4.79 Å². The Labute approximate surface area is 153 Å². The topological polar surface area (TPSA) is 44.4 Å². The Balaban J connectivity index is 1.97. The average molecular weight is 364 g/mol. The Hall–Kier alpha value is -1.59. The predicted molar refractivity (Wildman–Crippen MR) is 101 cm³/mol. The molecule has 2 aliphatic heterocycles. The fraction of sp³-hybridized carbons (Fsp3) is 0.444. The van der Waals surface area contributed by atoms with E-state index in [1.807, 2.05) is 36.1 Å². The summed E-state index contributed by atoms with van der Waals surface area (Å²) in [6.07, 6.45) is 3.31. The number of likely N-dealkylation sites (tertiary alicyclic amines) is 1. The van der Waals surface area contributed by atoms with Gasteiger partial charge in [0.1, 0.15) is 0 Å². The summed E-state index contributed by atoms with van der Waals surface area (Å²) in [7, 11) is 0. The van der Waals surface area contributed by atoms with E-state index in [0.29, 0.717) is 10.1 Å². The number of halogens is 1. The quantitative estimate of drug-likeness (QED) is 0.789. The molecule has 0 saturated carbocycles. The summed E-state index contributed by atoms with van der Waals surface area (Å²) in [6.45, 7) is 4.85.